The first-order valence-electron chi connectivity index (χ1n) is 4.81. The van der Waals surface area contributed by atoms with Crippen molar-refractivity contribution in [1.29, 1.82) is 0 Å². The molecular weight excluding hydrogens is 249 g/mol. The Morgan fingerprint density at radius 3 is 2.81 bits per heavy atom. The lowest BCUT2D eigenvalue weighted by atomic mass is 10.2. The van der Waals surface area contributed by atoms with E-state index in [1.165, 1.54) is 7.11 Å². The Morgan fingerprint density at radius 2 is 2.19 bits per heavy atom. The summed E-state index contributed by atoms with van der Waals surface area (Å²) in [6, 6.07) is 7.50. The van der Waals surface area contributed by atoms with E-state index in [0.29, 0.717) is 18.1 Å². The van der Waals surface area contributed by atoms with Crippen LogP contribution in [0.1, 0.15) is 5.56 Å². The summed E-state index contributed by atoms with van der Waals surface area (Å²) in [5.41, 5.74) is 0.970. The van der Waals surface area contributed by atoms with E-state index in [4.69, 9.17) is 23.2 Å². The quantitative estimate of drug-likeness (QED) is 0.653. The number of rotatable bonds is 5. The molecular formula is C11H13Cl2NO2. The van der Waals surface area contributed by atoms with Gasteiger partial charge in [-0.05, 0) is 11.6 Å². The summed E-state index contributed by atoms with van der Waals surface area (Å²) >= 11 is 11.7. The molecule has 88 valence electrons. The van der Waals surface area contributed by atoms with Gasteiger partial charge in [-0.2, -0.15) is 0 Å². The van der Waals surface area contributed by atoms with Gasteiger partial charge in [0, 0.05) is 18.1 Å². The van der Waals surface area contributed by atoms with E-state index >= 15 is 0 Å². The van der Waals surface area contributed by atoms with Crippen molar-refractivity contribution in [2.24, 2.45) is 0 Å². The maximum atomic E-state index is 11.0. The molecule has 0 aliphatic rings. The van der Waals surface area contributed by atoms with Crippen LogP contribution in [0.3, 0.4) is 0 Å². The van der Waals surface area contributed by atoms with Gasteiger partial charge in [0.2, 0.25) is 0 Å². The fraction of sp³-hybridized carbons (Fsp3) is 0.364. The first-order chi connectivity index (χ1) is 7.65. The highest BCUT2D eigenvalue weighted by Crippen LogP contribution is 2.14. The summed E-state index contributed by atoms with van der Waals surface area (Å²) in [5, 5.41) is 3.06. The summed E-state index contributed by atoms with van der Waals surface area (Å²) in [6.45, 7) is 0.916. The van der Waals surface area contributed by atoms with Crippen LogP contribution < -0.4 is 5.32 Å². The minimum Gasteiger partial charge on any atom is -0.468 e. The number of hydrogen-bond donors (Lipinski definition) is 1. The third-order valence-electron chi connectivity index (χ3n) is 2.05. The Bertz CT molecular complexity index is 358. The van der Waals surface area contributed by atoms with Crippen LogP contribution in [0.4, 0.5) is 0 Å². The number of hydrogen-bond acceptors (Lipinski definition) is 3. The van der Waals surface area contributed by atoms with Crippen LogP contribution in [-0.4, -0.2) is 25.0 Å². The zero-order valence-electron chi connectivity index (χ0n) is 8.87. The molecule has 16 heavy (non-hydrogen) atoms. The van der Waals surface area contributed by atoms with E-state index in [1.807, 2.05) is 24.3 Å². The lowest BCUT2D eigenvalue weighted by molar-refractivity contribution is -0.140. The van der Waals surface area contributed by atoms with Gasteiger partial charge in [0.25, 0.3) is 0 Å². The van der Waals surface area contributed by atoms with Crippen molar-refractivity contribution in [2.45, 2.75) is 11.9 Å². The maximum Gasteiger partial charge on any atom is 0.325 e. The first kappa shape index (κ1) is 13.3. The van der Waals surface area contributed by atoms with Crippen LogP contribution in [-0.2, 0) is 16.1 Å². The van der Waals surface area contributed by atoms with Gasteiger partial charge in [-0.15, -0.1) is 11.6 Å². The Morgan fingerprint density at radius 1 is 1.50 bits per heavy atom. The van der Waals surface area contributed by atoms with Crippen molar-refractivity contribution in [3.05, 3.63) is 34.9 Å². The molecule has 0 spiro atoms. The molecule has 1 rings (SSSR count). The van der Waals surface area contributed by atoms with Crippen molar-refractivity contribution in [1.82, 2.24) is 5.32 Å². The number of halogens is 2. The average molecular weight is 262 g/mol. The Balaban J connectivity index is 2.36. The van der Waals surface area contributed by atoms with Crippen LogP contribution in [0.2, 0.25) is 5.02 Å². The molecule has 1 unspecified atom stereocenters. The smallest absolute Gasteiger partial charge is 0.325 e. The zero-order valence-corrected chi connectivity index (χ0v) is 10.4. The van der Waals surface area contributed by atoms with E-state index < -0.39 is 11.3 Å². The fourth-order valence-electron chi connectivity index (χ4n) is 1.19. The van der Waals surface area contributed by atoms with Gasteiger partial charge in [0.1, 0.15) is 5.38 Å². The van der Waals surface area contributed by atoms with Crippen LogP contribution in [0.5, 0.6) is 0 Å². The summed E-state index contributed by atoms with van der Waals surface area (Å²) in [4.78, 5) is 11.0. The van der Waals surface area contributed by atoms with Crippen molar-refractivity contribution in [3.63, 3.8) is 0 Å². The molecule has 0 aromatic heterocycles. The fourth-order valence-corrected chi connectivity index (χ4v) is 1.59. The maximum absolute atomic E-state index is 11.0. The van der Waals surface area contributed by atoms with Crippen molar-refractivity contribution < 1.29 is 9.53 Å². The molecule has 0 radical (unpaired) electrons. The Hall–Kier alpha value is -0.770. The first-order valence-corrected chi connectivity index (χ1v) is 5.62. The predicted molar refractivity (Wildman–Crippen MR) is 64.8 cm³/mol. The normalized spacial score (nSPS) is 12.2. The number of carbonyl (C=O) groups is 1. The Labute approximate surface area is 105 Å². The zero-order chi connectivity index (χ0) is 12.0. The lowest BCUT2D eigenvalue weighted by Gasteiger charge is -2.09. The minimum absolute atomic E-state index is 0.347. The molecule has 0 saturated heterocycles. The molecule has 0 saturated carbocycles. The molecule has 0 fully saturated rings. The molecule has 0 bridgehead atoms. The van der Waals surface area contributed by atoms with Crippen molar-refractivity contribution >= 4 is 29.2 Å². The SMILES string of the molecule is COC(=O)C(Cl)CNCc1ccccc1Cl. The second kappa shape index (κ2) is 6.74. The largest absolute Gasteiger partial charge is 0.468 e. The van der Waals surface area contributed by atoms with Crippen LogP contribution in [0.25, 0.3) is 0 Å². The van der Waals surface area contributed by atoms with Gasteiger partial charge >= 0.3 is 5.97 Å². The molecule has 1 aromatic rings. The molecule has 0 heterocycles. The number of benzene rings is 1. The van der Waals surface area contributed by atoms with Gasteiger partial charge in [-0.3, -0.25) is 4.79 Å². The Kier molecular flexibility index (Phi) is 5.60. The number of carbonyl (C=O) groups excluding carboxylic acids is 1. The second-order valence-electron chi connectivity index (χ2n) is 3.21. The van der Waals surface area contributed by atoms with Crippen molar-refractivity contribution in [2.75, 3.05) is 13.7 Å². The summed E-state index contributed by atoms with van der Waals surface area (Å²) in [7, 11) is 1.31. The predicted octanol–water partition coefficient (Wildman–Crippen LogP) is 2.21. The van der Waals surface area contributed by atoms with E-state index in [0.717, 1.165) is 5.56 Å². The highest BCUT2D eigenvalue weighted by molar-refractivity contribution is 6.31. The van der Waals surface area contributed by atoms with E-state index in [2.05, 4.69) is 10.1 Å². The molecule has 0 aliphatic heterocycles. The molecule has 0 aliphatic carbocycles. The van der Waals surface area contributed by atoms with Gasteiger partial charge < -0.3 is 10.1 Å². The van der Waals surface area contributed by atoms with Crippen LogP contribution >= 0.6 is 23.2 Å². The summed E-state index contributed by atoms with van der Waals surface area (Å²) in [5.74, 6) is -0.437. The van der Waals surface area contributed by atoms with Crippen molar-refractivity contribution in [3.8, 4) is 0 Å². The monoisotopic (exact) mass is 261 g/mol. The second-order valence-corrected chi connectivity index (χ2v) is 4.15. The number of methoxy groups -OCH3 is 1. The third kappa shape index (κ3) is 4.00. The number of ether oxygens (including phenoxy) is 1. The van der Waals surface area contributed by atoms with E-state index in [-0.39, 0.29) is 0 Å². The molecule has 5 heteroatoms. The molecule has 1 N–H and O–H groups in total. The summed E-state index contributed by atoms with van der Waals surface area (Å²) in [6.07, 6.45) is 0. The van der Waals surface area contributed by atoms with Gasteiger partial charge in [0.15, 0.2) is 0 Å². The number of esters is 1. The number of alkyl halides is 1. The topological polar surface area (TPSA) is 38.3 Å². The van der Waals surface area contributed by atoms with Gasteiger partial charge in [-0.25, -0.2) is 0 Å². The molecule has 1 atom stereocenters. The number of nitrogens with one attached hydrogen (secondary N) is 1. The van der Waals surface area contributed by atoms with Gasteiger partial charge in [-0.1, -0.05) is 29.8 Å². The van der Waals surface area contributed by atoms with E-state index in [9.17, 15) is 4.79 Å². The van der Waals surface area contributed by atoms with E-state index in [1.54, 1.807) is 0 Å². The van der Waals surface area contributed by atoms with Gasteiger partial charge in [0.05, 0.1) is 7.11 Å². The highest BCUT2D eigenvalue weighted by atomic mass is 35.5. The summed E-state index contributed by atoms with van der Waals surface area (Å²) < 4.78 is 4.50. The van der Waals surface area contributed by atoms with Crippen LogP contribution in [0.15, 0.2) is 24.3 Å². The molecule has 3 nitrogen and oxygen atoms in total. The highest BCUT2D eigenvalue weighted by Gasteiger charge is 2.14. The molecule has 1 aromatic carbocycles. The molecule has 0 amide bonds. The minimum atomic E-state index is -0.674. The lowest BCUT2D eigenvalue weighted by Crippen LogP contribution is -2.29. The van der Waals surface area contributed by atoms with Crippen LogP contribution in [0, 0.1) is 0 Å². The third-order valence-corrected chi connectivity index (χ3v) is 2.75. The standard InChI is InChI=1S/C11H13Cl2NO2/c1-16-11(15)10(13)7-14-6-8-4-2-3-5-9(8)12/h2-5,10,14H,6-7H2,1H3. The average Bonchev–Trinajstić information content (AvgIpc) is 2.30.